The molecule has 1 heterocycles. The normalized spacial score (nSPS) is 20.1. The highest BCUT2D eigenvalue weighted by atomic mass is 32.2. The molecule has 9 heteroatoms. The first-order valence-corrected chi connectivity index (χ1v) is 8.42. The number of nitrogens with zero attached hydrogens (tertiary/aromatic N) is 2. The van der Waals surface area contributed by atoms with E-state index >= 15 is 0 Å². The number of hydrogen-bond acceptors (Lipinski definition) is 6. The number of aliphatic hydroxyl groups excluding tert-OH is 1. The van der Waals surface area contributed by atoms with Crippen LogP contribution in [0.3, 0.4) is 0 Å². The van der Waals surface area contributed by atoms with Crippen molar-refractivity contribution >= 4 is 16.2 Å². The highest BCUT2D eigenvalue weighted by Crippen LogP contribution is 2.24. The van der Waals surface area contributed by atoms with Crippen LogP contribution in [0.2, 0.25) is 0 Å². The maximum absolute atomic E-state index is 12.6. The van der Waals surface area contributed by atoms with Gasteiger partial charge in [-0.3, -0.25) is 4.79 Å². The van der Waals surface area contributed by atoms with E-state index in [1.807, 2.05) is 0 Å². The first-order valence-electron chi connectivity index (χ1n) is 7.02. The van der Waals surface area contributed by atoms with Crippen LogP contribution in [0.15, 0.2) is 0 Å². The molecule has 0 aromatic rings. The van der Waals surface area contributed by atoms with E-state index in [1.54, 1.807) is 6.92 Å². The quantitative estimate of drug-likeness (QED) is 0.558. The molecule has 0 aromatic carbocycles. The van der Waals surface area contributed by atoms with Crippen LogP contribution in [-0.2, 0) is 24.5 Å². The number of esters is 1. The number of aliphatic hydroxyl groups is 1. The molecule has 0 spiro atoms. The van der Waals surface area contributed by atoms with Crippen LogP contribution in [0.5, 0.6) is 0 Å². The third-order valence-corrected chi connectivity index (χ3v) is 5.33. The molecule has 0 aromatic heterocycles. The largest absolute Gasteiger partial charge is 0.465 e. The van der Waals surface area contributed by atoms with Gasteiger partial charge in [-0.25, -0.2) is 0 Å². The second-order valence-electron chi connectivity index (χ2n) is 4.64. The van der Waals surface area contributed by atoms with Gasteiger partial charge in [-0.15, -0.1) is 0 Å². The zero-order valence-electron chi connectivity index (χ0n) is 12.5. The van der Waals surface area contributed by atoms with Gasteiger partial charge >= 0.3 is 5.97 Å². The second kappa shape index (κ2) is 8.64. The van der Waals surface area contributed by atoms with E-state index in [-0.39, 0.29) is 39.5 Å². The Morgan fingerprint density at radius 3 is 2.71 bits per heavy atom. The van der Waals surface area contributed by atoms with Crippen molar-refractivity contribution in [2.75, 3.05) is 46.6 Å². The Balaban J connectivity index is 2.88. The van der Waals surface area contributed by atoms with Crippen molar-refractivity contribution in [3.63, 3.8) is 0 Å². The predicted molar refractivity (Wildman–Crippen MR) is 75.8 cm³/mol. The molecule has 8 nitrogen and oxygen atoms in total. The molecule has 1 rings (SSSR count). The number of ether oxygens (including phenoxy) is 2. The van der Waals surface area contributed by atoms with Gasteiger partial charge in [0.25, 0.3) is 10.2 Å². The molecule has 0 bridgehead atoms. The maximum atomic E-state index is 12.6. The molecule has 1 aliphatic heterocycles. The first kappa shape index (κ1) is 18.3. The minimum Gasteiger partial charge on any atom is -0.465 e. The minimum atomic E-state index is -3.82. The third kappa shape index (κ3) is 4.62. The van der Waals surface area contributed by atoms with Gasteiger partial charge < -0.3 is 14.6 Å². The van der Waals surface area contributed by atoms with E-state index in [0.717, 1.165) is 8.61 Å². The van der Waals surface area contributed by atoms with Crippen molar-refractivity contribution in [1.82, 2.24) is 8.61 Å². The fraction of sp³-hybridized carbons (Fsp3) is 0.917. The zero-order valence-corrected chi connectivity index (χ0v) is 13.3. The summed E-state index contributed by atoms with van der Waals surface area (Å²) in [5, 5.41) is 9.04. The van der Waals surface area contributed by atoms with E-state index in [2.05, 4.69) is 0 Å². The van der Waals surface area contributed by atoms with Gasteiger partial charge in [0.2, 0.25) is 0 Å². The SMILES string of the molecule is CCOC(=O)C1CCCN1S(=O)(=O)N(CCO)CCOC. The summed E-state index contributed by atoms with van der Waals surface area (Å²) in [5.41, 5.74) is 0. The van der Waals surface area contributed by atoms with Crippen LogP contribution in [0.4, 0.5) is 0 Å². The van der Waals surface area contributed by atoms with Gasteiger partial charge in [0.1, 0.15) is 6.04 Å². The highest BCUT2D eigenvalue weighted by Gasteiger charge is 2.42. The summed E-state index contributed by atoms with van der Waals surface area (Å²) in [7, 11) is -2.35. The predicted octanol–water partition coefficient (Wildman–Crippen LogP) is -0.801. The molecule has 0 aliphatic carbocycles. The summed E-state index contributed by atoms with van der Waals surface area (Å²) in [6.45, 7) is 2.21. The van der Waals surface area contributed by atoms with Crippen molar-refractivity contribution in [2.45, 2.75) is 25.8 Å². The second-order valence-corrected chi connectivity index (χ2v) is 6.53. The molecular formula is C12H24N2O6S. The zero-order chi connectivity index (χ0) is 15.9. The molecule has 124 valence electrons. The van der Waals surface area contributed by atoms with Crippen LogP contribution in [0.1, 0.15) is 19.8 Å². The lowest BCUT2D eigenvalue weighted by Crippen LogP contribution is -2.50. The van der Waals surface area contributed by atoms with Gasteiger partial charge in [-0.1, -0.05) is 0 Å². The Hall–Kier alpha value is -0.740. The summed E-state index contributed by atoms with van der Waals surface area (Å²) in [6, 6.07) is -0.779. The van der Waals surface area contributed by atoms with E-state index in [1.165, 1.54) is 7.11 Å². The van der Waals surface area contributed by atoms with Crippen LogP contribution in [0, 0.1) is 0 Å². The molecular weight excluding hydrogens is 300 g/mol. The van der Waals surface area contributed by atoms with E-state index in [9.17, 15) is 13.2 Å². The van der Waals surface area contributed by atoms with E-state index in [0.29, 0.717) is 12.8 Å². The lowest BCUT2D eigenvalue weighted by molar-refractivity contribution is -0.146. The first-order chi connectivity index (χ1) is 9.98. The summed E-state index contributed by atoms with van der Waals surface area (Å²) >= 11 is 0. The molecule has 1 fully saturated rings. The topological polar surface area (TPSA) is 96.4 Å². The summed E-state index contributed by atoms with van der Waals surface area (Å²) in [6.07, 6.45) is 1.06. The van der Waals surface area contributed by atoms with Crippen LogP contribution in [0.25, 0.3) is 0 Å². The van der Waals surface area contributed by atoms with Gasteiger partial charge in [-0.2, -0.15) is 17.0 Å². The summed E-state index contributed by atoms with van der Waals surface area (Å²) in [4.78, 5) is 11.9. The number of carbonyl (C=O) groups is 1. The van der Waals surface area contributed by atoms with Crippen molar-refractivity contribution in [1.29, 1.82) is 0 Å². The molecule has 21 heavy (non-hydrogen) atoms. The molecule has 1 saturated heterocycles. The van der Waals surface area contributed by atoms with Crippen molar-refractivity contribution < 1.29 is 27.8 Å². The van der Waals surface area contributed by atoms with Gasteiger partial charge in [0, 0.05) is 26.7 Å². The monoisotopic (exact) mass is 324 g/mol. The van der Waals surface area contributed by atoms with Gasteiger partial charge in [-0.05, 0) is 19.8 Å². The fourth-order valence-corrected chi connectivity index (χ4v) is 4.07. The lowest BCUT2D eigenvalue weighted by atomic mass is 10.2. The molecule has 1 atom stereocenters. The number of rotatable bonds is 9. The molecule has 0 saturated carbocycles. The number of carbonyl (C=O) groups excluding carboxylic acids is 1. The summed E-state index contributed by atoms with van der Waals surface area (Å²) in [5.74, 6) is -0.519. The minimum absolute atomic E-state index is 0.0300. The molecule has 0 amide bonds. The Morgan fingerprint density at radius 1 is 1.43 bits per heavy atom. The third-order valence-electron chi connectivity index (χ3n) is 3.28. The van der Waals surface area contributed by atoms with Gasteiger partial charge in [0.15, 0.2) is 0 Å². The standard InChI is InChI=1S/C12H24N2O6S/c1-3-20-12(16)11-5-4-6-14(11)21(17,18)13(7-9-15)8-10-19-2/h11,15H,3-10H2,1-2H3. The average molecular weight is 324 g/mol. The Labute approximate surface area is 125 Å². The Morgan fingerprint density at radius 2 is 2.14 bits per heavy atom. The van der Waals surface area contributed by atoms with Gasteiger partial charge in [0.05, 0.1) is 19.8 Å². The average Bonchev–Trinajstić information content (AvgIpc) is 2.93. The fourth-order valence-electron chi connectivity index (χ4n) is 2.29. The van der Waals surface area contributed by atoms with Crippen molar-refractivity contribution in [2.24, 2.45) is 0 Å². The van der Waals surface area contributed by atoms with E-state index < -0.39 is 22.2 Å². The molecule has 1 N–H and O–H groups in total. The number of hydrogen-bond donors (Lipinski definition) is 1. The smallest absolute Gasteiger partial charge is 0.324 e. The molecule has 0 radical (unpaired) electrons. The van der Waals surface area contributed by atoms with Crippen LogP contribution in [-0.4, -0.2) is 80.7 Å². The van der Waals surface area contributed by atoms with Crippen LogP contribution < -0.4 is 0 Å². The summed E-state index contributed by atoms with van der Waals surface area (Å²) < 4.78 is 37.4. The van der Waals surface area contributed by atoms with Crippen molar-refractivity contribution in [3.8, 4) is 0 Å². The maximum Gasteiger partial charge on any atom is 0.324 e. The molecule has 1 unspecified atom stereocenters. The highest BCUT2D eigenvalue weighted by molar-refractivity contribution is 7.86. The number of methoxy groups -OCH3 is 1. The Kier molecular flexibility index (Phi) is 7.53. The Bertz CT molecular complexity index is 427. The van der Waals surface area contributed by atoms with Crippen LogP contribution >= 0.6 is 0 Å². The van der Waals surface area contributed by atoms with Crippen molar-refractivity contribution in [3.05, 3.63) is 0 Å². The molecule has 1 aliphatic rings. The van der Waals surface area contributed by atoms with E-state index in [4.69, 9.17) is 14.6 Å². The lowest BCUT2D eigenvalue weighted by Gasteiger charge is -2.29.